The average molecular weight is 607 g/mol. The summed E-state index contributed by atoms with van der Waals surface area (Å²) < 4.78 is 2.49. The Morgan fingerprint density at radius 1 is 0.617 bits per heavy atom. The molecule has 2 aliphatic rings. The molecule has 7 aromatic rings. The van der Waals surface area contributed by atoms with Crippen LogP contribution < -0.4 is 0 Å². The topological polar surface area (TPSA) is 17.8 Å². The first kappa shape index (κ1) is 28.0. The summed E-state index contributed by atoms with van der Waals surface area (Å²) in [4.78, 5) is 5.13. The third-order valence-corrected chi connectivity index (χ3v) is 11.1. The Morgan fingerprint density at radius 3 is 2.04 bits per heavy atom. The molecule has 2 aliphatic carbocycles. The van der Waals surface area contributed by atoms with Crippen LogP contribution in [0.1, 0.15) is 63.8 Å². The van der Waals surface area contributed by atoms with Gasteiger partial charge >= 0.3 is 0 Å². The molecule has 9 rings (SSSR count). The van der Waals surface area contributed by atoms with E-state index in [9.17, 15) is 0 Å². The van der Waals surface area contributed by atoms with E-state index in [0.717, 1.165) is 27.8 Å². The van der Waals surface area contributed by atoms with Crippen molar-refractivity contribution in [2.45, 2.75) is 52.4 Å². The van der Waals surface area contributed by atoms with E-state index in [1.165, 1.54) is 66.3 Å². The minimum atomic E-state index is -0.175. The van der Waals surface area contributed by atoms with Gasteiger partial charge in [0.15, 0.2) is 0 Å². The molecule has 0 amide bonds. The summed E-state index contributed by atoms with van der Waals surface area (Å²) in [7, 11) is 0. The summed E-state index contributed by atoms with van der Waals surface area (Å²) in [5.41, 5.74) is 17.8. The van der Waals surface area contributed by atoms with Crippen LogP contribution in [0.4, 0.5) is 0 Å². The standard InChI is InChI=1S/C45H38N2/c1-7-28-32(8-2)44(3,4)33-23-24-34-41(40(28)33)31-22-25-38-42(43(31)45(34,5)6)30-19-13-15-21-37(30)47(38)39-26-36(27-16-10-9-11-17-27)46-35-20-14-12-18-29(35)39/h7-26H,1-6H3/b28-7+,32-8+. The predicted molar refractivity (Wildman–Crippen MR) is 200 cm³/mol. The summed E-state index contributed by atoms with van der Waals surface area (Å²) in [6.45, 7) is 14.0. The maximum atomic E-state index is 5.13. The Kier molecular flexibility index (Phi) is 5.76. The number of pyridine rings is 1. The fourth-order valence-electron chi connectivity index (χ4n) is 9.05. The van der Waals surface area contributed by atoms with Crippen molar-refractivity contribution in [3.8, 4) is 28.1 Å². The van der Waals surface area contributed by atoms with E-state index in [1.54, 1.807) is 0 Å². The van der Waals surface area contributed by atoms with E-state index in [1.807, 2.05) is 0 Å². The molecule has 2 heterocycles. The van der Waals surface area contributed by atoms with Crippen LogP contribution in [-0.4, -0.2) is 9.55 Å². The van der Waals surface area contributed by atoms with Crippen molar-refractivity contribution < 1.29 is 0 Å². The maximum absolute atomic E-state index is 5.13. The first-order valence-corrected chi connectivity index (χ1v) is 16.8. The number of benzene rings is 5. The van der Waals surface area contributed by atoms with Crippen LogP contribution in [0.15, 0.2) is 127 Å². The van der Waals surface area contributed by atoms with Gasteiger partial charge in [0, 0.05) is 32.6 Å². The van der Waals surface area contributed by atoms with E-state index >= 15 is 0 Å². The summed E-state index contributed by atoms with van der Waals surface area (Å²) >= 11 is 0. The molecule has 0 N–H and O–H groups in total. The zero-order chi connectivity index (χ0) is 32.2. The summed E-state index contributed by atoms with van der Waals surface area (Å²) in [6.07, 6.45) is 4.65. The zero-order valence-electron chi connectivity index (χ0n) is 27.9. The van der Waals surface area contributed by atoms with E-state index in [-0.39, 0.29) is 10.8 Å². The largest absolute Gasteiger partial charge is 0.308 e. The van der Waals surface area contributed by atoms with Gasteiger partial charge in [-0.3, -0.25) is 0 Å². The summed E-state index contributed by atoms with van der Waals surface area (Å²) in [5, 5.41) is 3.79. The molecule has 2 heteroatoms. The molecule has 2 aromatic heterocycles. The molecule has 0 saturated carbocycles. The van der Waals surface area contributed by atoms with Gasteiger partial charge < -0.3 is 4.57 Å². The van der Waals surface area contributed by atoms with Crippen molar-refractivity contribution in [1.29, 1.82) is 0 Å². The van der Waals surface area contributed by atoms with Crippen molar-refractivity contribution in [2.24, 2.45) is 0 Å². The first-order chi connectivity index (χ1) is 22.8. The number of rotatable bonds is 2. The van der Waals surface area contributed by atoms with Crippen molar-refractivity contribution in [2.75, 3.05) is 0 Å². The van der Waals surface area contributed by atoms with Crippen LogP contribution >= 0.6 is 0 Å². The number of aromatic nitrogens is 2. The van der Waals surface area contributed by atoms with Crippen LogP contribution in [0.5, 0.6) is 0 Å². The number of hydrogen-bond acceptors (Lipinski definition) is 1. The van der Waals surface area contributed by atoms with Gasteiger partial charge in [0.2, 0.25) is 0 Å². The molecular weight excluding hydrogens is 569 g/mol. The van der Waals surface area contributed by atoms with Gasteiger partial charge in [-0.15, -0.1) is 0 Å². The van der Waals surface area contributed by atoms with Crippen molar-refractivity contribution in [3.05, 3.63) is 149 Å². The molecule has 0 spiro atoms. The zero-order valence-corrected chi connectivity index (χ0v) is 27.9. The SMILES string of the molecule is C/C=C1\C(=C/C)c2c(ccc3c2-c2ccc4c(c2C3(C)C)c2ccccc2n4-c2cc(-c3ccccc3)nc3ccccc23)C1(C)C. The molecule has 228 valence electrons. The second-order valence-corrected chi connectivity index (χ2v) is 14.2. The molecular formula is C45H38N2. The summed E-state index contributed by atoms with van der Waals surface area (Å²) in [5.74, 6) is 0. The minimum absolute atomic E-state index is 0.0349. The van der Waals surface area contributed by atoms with Crippen molar-refractivity contribution in [3.63, 3.8) is 0 Å². The molecule has 2 nitrogen and oxygen atoms in total. The van der Waals surface area contributed by atoms with E-state index in [2.05, 4.69) is 167 Å². The monoisotopic (exact) mass is 606 g/mol. The normalized spacial score (nSPS) is 17.6. The second-order valence-electron chi connectivity index (χ2n) is 14.2. The third-order valence-electron chi connectivity index (χ3n) is 11.1. The highest BCUT2D eigenvalue weighted by molar-refractivity contribution is 6.16. The lowest BCUT2D eigenvalue weighted by Crippen LogP contribution is -2.17. The Labute approximate surface area is 276 Å². The molecule has 0 saturated heterocycles. The molecule has 0 radical (unpaired) electrons. The fourth-order valence-corrected chi connectivity index (χ4v) is 9.05. The molecule has 5 aromatic carbocycles. The van der Waals surface area contributed by atoms with Gasteiger partial charge in [0.05, 0.1) is 27.9 Å². The van der Waals surface area contributed by atoms with Gasteiger partial charge in [0.1, 0.15) is 0 Å². The molecule has 0 atom stereocenters. The number of hydrogen-bond donors (Lipinski definition) is 0. The highest BCUT2D eigenvalue weighted by Crippen LogP contribution is 2.60. The highest BCUT2D eigenvalue weighted by Gasteiger charge is 2.45. The number of allylic oxidation sites excluding steroid dienone is 4. The van der Waals surface area contributed by atoms with Crippen molar-refractivity contribution in [1.82, 2.24) is 9.55 Å². The smallest absolute Gasteiger partial charge is 0.0730 e. The van der Waals surface area contributed by atoms with Crippen LogP contribution in [0.25, 0.3) is 66.4 Å². The van der Waals surface area contributed by atoms with Gasteiger partial charge in [-0.2, -0.15) is 0 Å². The molecule has 0 fully saturated rings. The molecule has 47 heavy (non-hydrogen) atoms. The molecule has 0 aliphatic heterocycles. The van der Waals surface area contributed by atoms with Crippen LogP contribution in [-0.2, 0) is 10.8 Å². The first-order valence-electron chi connectivity index (χ1n) is 16.8. The van der Waals surface area contributed by atoms with Crippen LogP contribution in [0.3, 0.4) is 0 Å². The van der Waals surface area contributed by atoms with E-state index < -0.39 is 0 Å². The van der Waals surface area contributed by atoms with Gasteiger partial charge in [0.25, 0.3) is 0 Å². The summed E-state index contributed by atoms with van der Waals surface area (Å²) in [6, 6.07) is 40.0. The minimum Gasteiger partial charge on any atom is -0.308 e. The van der Waals surface area contributed by atoms with Crippen molar-refractivity contribution >= 4 is 38.3 Å². The Balaban J connectivity index is 1.41. The number of nitrogens with zero attached hydrogens (tertiary/aromatic N) is 2. The lowest BCUT2D eigenvalue weighted by atomic mass is 9.78. The van der Waals surface area contributed by atoms with Crippen LogP contribution in [0.2, 0.25) is 0 Å². The van der Waals surface area contributed by atoms with Crippen LogP contribution in [0, 0.1) is 0 Å². The lowest BCUT2D eigenvalue weighted by molar-refractivity contribution is 0.652. The third kappa shape index (κ3) is 3.59. The Hall–Kier alpha value is -5.21. The molecule has 0 unspecified atom stereocenters. The Bertz CT molecular complexity index is 2520. The lowest BCUT2D eigenvalue weighted by Gasteiger charge is -2.24. The molecule has 0 bridgehead atoms. The quantitative estimate of drug-likeness (QED) is 0.191. The van der Waals surface area contributed by atoms with Gasteiger partial charge in [-0.25, -0.2) is 4.98 Å². The average Bonchev–Trinajstić information content (AvgIpc) is 3.63. The Morgan fingerprint density at radius 2 is 1.30 bits per heavy atom. The van der Waals surface area contributed by atoms with Gasteiger partial charge in [-0.1, -0.05) is 125 Å². The van der Waals surface area contributed by atoms with Gasteiger partial charge in [-0.05, 0) is 82.6 Å². The second kappa shape index (κ2) is 9.65. The van der Waals surface area contributed by atoms with E-state index in [4.69, 9.17) is 4.98 Å². The fraction of sp³-hybridized carbons (Fsp3) is 0.178. The number of para-hydroxylation sites is 2. The number of fused-ring (bicyclic) bond motifs is 10. The van der Waals surface area contributed by atoms with E-state index in [0.29, 0.717) is 0 Å². The highest BCUT2D eigenvalue weighted by atomic mass is 15.0. The predicted octanol–water partition coefficient (Wildman–Crippen LogP) is 11.9. The maximum Gasteiger partial charge on any atom is 0.0730 e.